The molecular weight excluding hydrogens is 366 g/mol. The van der Waals surface area contributed by atoms with E-state index in [0.29, 0.717) is 30.5 Å². The zero-order chi connectivity index (χ0) is 21.3. The molecule has 0 bridgehead atoms. The van der Waals surface area contributed by atoms with Gasteiger partial charge >= 0.3 is 0 Å². The van der Waals surface area contributed by atoms with Crippen molar-refractivity contribution in [3.8, 4) is 11.5 Å². The number of benzene rings is 1. The van der Waals surface area contributed by atoms with Crippen LogP contribution in [0.15, 0.2) is 35.9 Å². The number of allylic oxidation sites excluding steroid dienone is 2. The van der Waals surface area contributed by atoms with Crippen LogP contribution in [0.2, 0.25) is 0 Å². The van der Waals surface area contributed by atoms with Gasteiger partial charge in [-0.05, 0) is 55.4 Å². The van der Waals surface area contributed by atoms with Crippen molar-refractivity contribution in [3.63, 3.8) is 0 Å². The van der Waals surface area contributed by atoms with E-state index in [0.717, 1.165) is 6.42 Å². The van der Waals surface area contributed by atoms with Crippen molar-refractivity contribution in [2.24, 2.45) is 17.3 Å². The number of Topliss-reactive ketones (excluding diaryl/α,β-unsaturated/α-hetero) is 1. The Morgan fingerprint density at radius 3 is 2.76 bits per heavy atom. The number of carbonyl (C=O) groups is 2. The summed E-state index contributed by atoms with van der Waals surface area (Å²) < 4.78 is 0. The number of hydrogen-bond donors (Lipinski definition) is 2. The molecule has 1 aliphatic carbocycles. The van der Waals surface area contributed by atoms with Gasteiger partial charge in [0.25, 0.3) is 0 Å². The highest BCUT2D eigenvalue weighted by atomic mass is 16.3. The first kappa shape index (κ1) is 21.2. The van der Waals surface area contributed by atoms with Crippen molar-refractivity contribution in [1.82, 2.24) is 4.90 Å². The van der Waals surface area contributed by atoms with E-state index < -0.39 is 0 Å². The van der Waals surface area contributed by atoms with E-state index in [1.165, 1.54) is 18.2 Å². The SMILES string of the molecule is CC1C=CCC(C)(C)C1C(=O)CC(C)N1CC/C(=C\c2cc(O)ccc2O)C1=O. The van der Waals surface area contributed by atoms with Crippen molar-refractivity contribution in [1.29, 1.82) is 0 Å². The molecule has 0 radical (unpaired) electrons. The Morgan fingerprint density at radius 1 is 1.34 bits per heavy atom. The summed E-state index contributed by atoms with van der Waals surface area (Å²) in [5.41, 5.74) is 0.931. The van der Waals surface area contributed by atoms with Crippen LogP contribution in [0, 0.1) is 17.3 Å². The van der Waals surface area contributed by atoms with Crippen molar-refractivity contribution >= 4 is 17.8 Å². The lowest BCUT2D eigenvalue weighted by molar-refractivity contribution is -0.131. The summed E-state index contributed by atoms with van der Waals surface area (Å²) in [6.07, 6.45) is 7.72. The molecule has 0 aromatic heterocycles. The first-order valence-electron chi connectivity index (χ1n) is 10.3. The number of amides is 1. The lowest BCUT2D eigenvalue weighted by Gasteiger charge is -2.39. The minimum atomic E-state index is -0.174. The molecule has 1 heterocycles. The number of hydrogen-bond acceptors (Lipinski definition) is 4. The van der Waals surface area contributed by atoms with E-state index in [1.54, 1.807) is 11.0 Å². The molecule has 2 aliphatic rings. The van der Waals surface area contributed by atoms with Crippen molar-refractivity contribution in [2.45, 2.75) is 53.0 Å². The van der Waals surface area contributed by atoms with Gasteiger partial charge in [0.1, 0.15) is 17.3 Å². The largest absolute Gasteiger partial charge is 0.508 e. The van der Waals surface area contributed by atoms with Crippen LogP contribution >= 0.6 is 0 Å². The Hall–Kier alpha value is -2.56. The van der Waals surface area contributed by atoms with E-state index in [9.17, 15) is 19.8 Å². The first-order valence-corrected chi connectivity index (χ1v) is 10.3. The van der Waals surface area contributed by atoms with Crippen LogP contribution < -0.4 is 0 Å². The molecular formula is C24H31NO4. The number of phenolic OH excluding ortho intramolecular Hbond substituents is 2. The maximum atomic E-state index is 13.1. The fourth-order valence-corrected chi connectivity index (χ4v) is 4.83. The van der Waals surface area contributed by atoms with Crippen LogP contribution in [0.4, 0.5) is 0 Å². The van der Waals surface area contributed by atoms with Crippen molar-refractivity contribution < 1.29 is 19.8 Å². The molecule has 1 fully saturated rings. The first-order chi connectivity index (χ1) is 13.6. The third-order valence-corrected chi connectivity index (χ3v) is 6.33. The minimum Gasteiger partial charge on any atom is -0.508 e. The van der Waals surface area contributed by atoms with Crippen molar-refractivity contribution in [3.05, 3.63) is 41.5 Å². The number of nitrogens with zero attached hydrogens (tertiary/aromatic N) is 1. The number of likely N-dealkylation sites (tertiary alicyclic amines) is 1. The summed E-state index contributed by atoms with van der Waals surface area (Å²) in [6.45, 7) is 8.87. The summed E-state index contributed by atoms with van der Waals surface area (Å²) >= 11 is 0. The van der Waals surface area contributed by atoms with Crippen LogP contribution in [0.1, 0.15) is 52.5 Å². The van der Waals surface area contributed by atoms with Crippen LogP contribution in [0.3, 0.4) is 0 Å². The van der Waals surface area contributed by atoms with Crippen LogP contribution in [0.25, 0.3) is 6.08 Å². The Morgan fingerprint density at radius 2 is 2.07 bits per heavy atom. The average molecular weight is 398 g/mol. The lowest BCUT2D eigenvalue weighted by atomic mass is 9.64. The van der Waals surface area contributed by atoms with Crippen molar-refractivity contribution in [2.75, 3.05) is 6.54 Å². The molecule has 1 aromatic carbocycles. The maximum Gasteiger partial charge on any atom is 0.250 e. The number of rotatable bonds is 5. The Balaban J connectivity index is 1.71. The van der Waals surface area contributed by atoms with Gasteiger partial charge in [-0.2, -0.15) is 0 Å². The zero-order valence-electron chi connectivity index (χ0n) is 17.7. The molecule has 5 heteroatoms. The second kappa shape index (κ2) is 8.05. The van der Waals surface area contributed by atoms with Gasteiger partial charge in [0, 0.05) is 36.1 Å². The Bertz CT molecular complexity index is 868. The minimum absolute atomic E-state index is 0.0198. The molecule has 1 aliphatic heterocycles. The van der Waals surface area contributed by atoms with E-state index in [4.69, 9.17) is 0 Å². The van der Waals surface area contributed by atoms with Gasteiger partial charge in [-0.25, -0.2) is 0 Å². The summed E-state index contributed by atoms with van der Waals surface area (Å²) in [5.74, 6) is 0.337. The molecule has 0 saturated carbocycles. The molecule has 5 nitrogen and oxygen atoms in total. The van der Waals surface area contributed by atoms with E-state index in [1.807, 2.05) is 6.92 Å². The summed E-state index contributed by atoms with van der Waals surface area (Å²) in [7, 11) is 0. The summed E-state index contributed by atoms with van der Waals surface area (Å²) in [4.78, 5) is 27.7. The van der Waals surface area contributed by atoms with Crippen LogP contribution in [-0.4, -0.2) is 39.4 Å². The Labute approximate surface area is 172 Å². The molecule has 2 N–H and O–H groups in total. The second-order valence-corrected chi connectivity index (χ2v) is 9.14. The smallest absolute Gasteiger partial charge is 0.250 e. The van der Waals surface area contributed by atoms with Crippen LogP contribution in [-0.2, 0) is 9.59 Å². The molecule has 29 heavy (non-hydrogen) atoms. The average Bonchev–Trinajstić information content (AvgIpc) is 2.98. The standard InChI is InChI=1S/C24H31NO4/c1-15-6-5-10-24(3,4)22(15)21(28)12-16(2)25-11-9-17(23(25)29)13-18-14-19(26)7-8-20(18)27/h5-8,13-16,22,26-27H,9-12H2,1-4H3/b17-13+. The quantitative estimate of drug-likeness (QED) is 0.441. The molecule has 3 atom stereocenters. The topological polar surface area (TPSA) is 77.8 Å². The monoisotopic (exact) mass is 397 g/mol. The maximum absolute atomic E-state index is 13.1. The van der Waals surface area contributed by atoms with Gasteiger partial charge < -0.3 is 15.1 Å². The molecule has 1 aromatic rings. The van der Waals surface area contributed by atoms with E-state index >= 15 is 0 Å². The van der Waals surface area contributed by atoms with Gasteiger partial charge in [0.2, 0.25) is 5.91 Å². The van der Waals surface area contributed by atoms with Gasteiger partial charge in [-0.15, -0.1) is 0 Å². The van der Waals surface area contributed by atoms with Crippen LogP contribution in [0.5, 0.6) is 11.5 Å². The third kappa shape index (κ3) is 4.39. The molecule has 1 amide bonds. The summed E-state index contributed by atoms with van der Waals surface area (Å²) in [6, 6.07) is 4.07. The fraction of sp³-hybridized carbons (Fsp3) is 0.500. The molecule has 156 valence electrons. The molecule has 3 unspecified atom stereocenters. The zero-order valence-corrected chi connectivity index (χ0v) is 17.7. The second-order valence-electron chi connectivity index (χ2n) is 9.14. The normalized spacial score (nSPS) is 26.1. The molecule has 3 rings (SSSR count). The van der Waals surface area contributed by atoms with E-state index in [2.05, 4.69) is 32.9 Å². The fourth-order valence-electron chi connectivity index (χ4n) is 4.83. The number of carbonyl (C=O) groups excluding carboxylic acids is 2. The van der Waals surface area contributed by atoms with Gasteiger partial charge in [0.15, 0.2) is 0 Å². The highest BCUT2D eigenvalue weighted by Crippen LogP contribution is 2.42. The summed E-state index contributed by atoms with van der Waals surface area (Å²) in [5, 5.41) is 19.6. The highest BCUT2D eigenvalue weighted by Gasteiger charge is 2.40. The third-order valence-electron chi connectivity index (χ3n) is 6.33. The van der Waals surface area contributed by atoms with Gasteiger partial charge in [-0.1, -0.05) is 32.9 Å². The van der Waals surface area contributed by atoms with Gasteiger partial charge in [-0.3, -0.25) is 9.59 Å². The molecule has 0 spiro atoms. The predicted octanol–water partition coefficient (Wildman–Crippen LogP) is 4.30. The number of aromatic hydroxyl groups is 2. The lowest BCUT2D eigenvalue weighted by Crippen LogP contribution is -2.42. The number of phenols is 2. The number of ketones is 1. The predicted molar refractivity (Wildman–Crippen MR) is 113 cm³/mol. The molecule has 1 saturated heterocycles. The van der Waals surface area contributed by atoms with Gasteiger partial charge in [0.05, 0.1) is 0 Å². The van der Waals surface area contributed by atoms with E-state index in [-0.39, 0.29) is 46.5 Å². The highest BCUT2D eigenvalue weighted by molar-refractivity contribution is 6.00. The Kier molecular flexibility index (Phi) is 5.87.